The average Bonchev–Trinajstić information content (AvgIpc) is 2.59. The fourth-order valence-corrected chi connectivity index (χ4v) is 1.96. The Kier molecular flexibility index (Phi) is 6.21. The van der Waals surface area contributed by atoms with E-state index >= 15 is 0 Å². The van der Waals surface area contributed by atoms with Gasteiger partial charge in [0.2, 0.25) is 0 Å². The maximum absolute atomic E-state index is 12.2. The third-order valence-corrected chi connectivity index (χ3v) is 3.10. The van der Waals surface area contributed by atoms with E-state index in [0.717, 1.165) is 5.56 Å². The molecule has 0 fully saturated rings. The molecule has 0 spiro atoms. The molecule has 0 radical (unpaired) electrons. The number of nitrogens with one attached hydrogen (secondary N) is 1. The van der Waals surface area contributed by atoms with Crippen molar-refractivity contribution in [2.45, 2.75) is 19.7 Å². The monoisotopic (exact) mass is 354 g/mol. The van der Waals surface area contributed by atoms with E-state index < -0.39 is 18.6 Å². The number of rotatable bonds is 7. The summed E-state index contributed by atoms with van der Waals surface area (Å²) in [7, 11) is 0. The largest absolute Gasteiger partial charge is 0.490 e. The van der Waals surface area contributed by atoms with Gasteiger partial charge in [0.25, 0.3) is 5.91 Å². The second kappa shape index (κ2) is 8.36. The quantitative estimate of drug-likeness (QED) is 0.828. The number of alkyl halides is 3. The van der Waals surface area contributed by atoms with Crippen LogP contribution in [0.5, 0.6) is 11.5 Å². The molecule has 0 unspecified atom stereocenters. The van der Waals surface area contributed by atoms with E-state index in [-0.39, 0.29) is 17.9 Å². The van der Waals surface area contributed by atoms with E-state index in [0.29, 0.717) is 12.4 Å². The van der Waals surface area contributed by atoms with Crippen molar-refractivity contribution in [1.29, 1.82) is 0 Å². The lowest BCUT2D eigenvalue weighted by molar-refractivity contribution is -0.123. The molecule has 0 saturated heterocycles. The molecule has 5 nitrogen and oxygen atoms in total. The molecule has 0 saturated carbocycles. The van der Waals surface area contributed by atoms with Crippen LogP contribution >= 0.6 is 0 Å². The summed E-state index contributed by atoms with van der Waals surface area (Å²) >= 11 is 0. The van der Waals surface area contributed by atoms with E-state index in [9.17, 15) is 18.0 Å². The molecular weight excluding hydrogens is 337 g/mol. The van der Waals surface area contributed by atoms with Crippen molar-refractivity contribution >= 4 is 5.91 Å². The lowest BCUT2D eigenvalue weighted by atomic mass is 10.2. The van der Waals surface area contributed by atoms with Crippen molar-refractivity contribution in [3.63, 3.8) is 0 Å². The minimum absolute atomic E-state index is 0.0592. The van der Waals surface area contributed by atoms with Gasteiger partial charge in [0.05, 0.1) is 6.61 Å². The standard InChI is InChI=1S/C17H17F3N2O3/c1-2-24-15-9-13(16(23)22-11-17(18,19)20)3-4-14(15)25-10-12-5-7-21-8-6-12/h3-9H,2,10-11H2,1H3,(H,22,23). The van der Waals surface area contributed by atoms with Crippen molar-refractivity contribution in [2.24, 2.45) is 0 Å². The smallest absolute Gasteiger partial charge is 0.405 e. The van der Waals surface area contributed by atoms with E-state index in [1.807, 2.05) is 5.32 Å². The van der Waals surface area contributed by atoms with Crippen LogP contribution in [-0.4, -0.2) is 30.2 Å². The summed E-state index contributed by atoms with van der Waals surface area (Å²) < 4.78 is 47.7. The molecule has 1 aromatic heterocycles. The Morgan fingerprint density at radius 3 is 2.48 bits per heavy atom. The van der Waals surface area contributed by atoms with Gasteiger partial charge in [0.1, 0.15) is 13.2 Å². The lowest BCUT2D eigenvalue weighted by Crippen LogP contribution is -2.33. The van der Waals surface area contributed by atoms with Crippen molar-refractivity contribution in [3.8, 4) is 11.5 Å². The number of nitrogens with zero attached hydrogens (tertiary/aromatic N) is 1. The topological polar surface area (TPSA) is 60.5 Å². The summed E-state index contributed by atoms with van der Waals surface area (Å²) in [6.07, 6.45) is -1.20. The fourth-order valence-electron chi connectivity index (χ4n) is 1.96. The number of aromatic nitrogens is 1. The van der Waals surface area contributed by atoms with Crippen molar-refractivity contribution in [1.82, 2.24) is 10.3 Å². The van der Waals surface area contributed by atoms with Crippen LogP contribution in [0, 0.1) is 0 Å². The maximum Gasteiger partial charge on any atom is 0.405 e. The van der Waals surface area contributed by atoms with Crippen LogP contribution in [0.15, 0.2) is 42.7 Å². The zero-order chi connectivity index (χ0) is 18.3. The molecule has 0 bridgehead atoms. The first kappa shape index (κ1) is 18.6. The number of carbonyl (C=O) groups is 1. The summed E-state index contributed by atoms with van der Waals surface area (Å²) in [5.74, 6) is -0.152. The van der Waals surface area contributed by atoms with Gasteiger partial charge in [-0.15, -0.1) is 0 Å². The highest BCUT2D eigenvalue weighted by atomic mass is 19.4. The van der Waals surface area contributed by atoms with Crippen LogP contribution < -0.4 is 14.8 Å². The first-order valence-electron chi connectivity index (χ1n) is 7.52. The second-order valence-corrected chi connectivity index (χ2v) is 5.04. The molecule has 134 valence electrons. The number of amides is 1. The SMILES string of the molecule is CCOc1cc(C(=O)NCC(F)(F)F)ccc1OCc1ccncc1. The van der Waals surface area contributed by atoms with Gasteiger partial charge in [-0.05, 0) is 42.8 Å². The van der Waals surface area contributed by atoms with Crippen LogP contribution in [0.4, 0.5) is 13.2 Å². The van der Waals surface area contributed by atoms with Gasteiger partial charge in [0, 0.05) is 18.0 Å². The predicted octanol–water partition coefficient (Wildman–Crippen LogP) is 3.35. The molecule has 1 heterocycles. The van der Waals surface area contributed by atoms with Gasteiger partial charge >= 0.3 is 6.18 Å². The lowest BCUT2D eigenvalue weighted by Gasteiger charge is -2.14. The third kappa shape index (κ3) is 5.98. The van der Waals surface area contributed by atoms with Gasteiger partial charge in [0.15, 0.2) is 11.5 Å². The Balaban J connectivity index is 2.09. The Hall–Kier alpha value is -2.77. The van der Waals surface area contributed by atoms with E-state index in [4.69, 9.17) is 9.47 Å². The second-order valence-electron chi connectivity index (χ2n) is 5.04. The first-order valence-corrected chi connectivity index (χ1v) is 7.52. The highest BCUT2D eigenvalue weighted by Crippen LogP contribution is 2.29. The minimum Gasteiger partial charge on any atom is -0.490 e. The Morgan fingerprint density at radius 2 is 1.84 bits per heavy atom. The molecule has 2 aromatic rings. The number of pyridine rings is 1. The van der Waals surface area contributed by atoms with Crippen LogP contribution in [-0.2, 0) is 6.61 Å². The summed E-state index contributed by atoms with van der Waals surface area (Å²) in [5.41, 5.74) is 0.952. The number of hydrogen-bond donors (Lipinski definition) is 1. The van der Waals surface area contributed by atoms with E-state index in [1.54, 1.807) is 31.5 Å². The molecule has 1 aromatic carbocycles. The summed E-state index contributed by atoms with van der Waals surface area (Å²) in [5, 5.41) is 1.82. The molecule has 2 rings (SSSR count). The van der Waals surface area contributed by atoms with Crippen LogP contribution in [0.25, 0.3) is 0 Å². The molecule has 0 aliphatic carbocycles. The molecule has 1 N–H and O–H groups in total. The highest BCUT2D eigenvalue weighted by molar-refractivity contribution is 5.94. The molecule has 0 aliphatic rings. The van der Waals surface area contributed by atoms with Crippen molar-refractivity contribution < 1.29 is 27.4 Å². The fraction of sp³-hybridized carbons (Fsp3) is 0.294. The normalized spacial score (nSPS) is 11.0. The summed E-state index contributed by atoms with van der Waals surface area (Å²) in [6.45, 7) is 0.945. The average molecular weight is 354 g/mol. The predicted molar refractivity (Wildman–Crippen MR) is 84.6 cm³/mol. The Labute approximate surface area is 142 Å². The third-order valence-electron chi connectivity index (χ3n) is 3.10. The first-order chi connectivity index (χ1) is 11.9. The molecule has 0 aliphatic heterocycles. The Bertz CT molecular complexity index is 706. The number of carbonyl (C=O) groups excluding carboxylic acids is 1. The maximum atomic E-state index is 12.2. The number of halogens is 3. The molecule has 1 amide bonds. The summed E-state index contributed by atoms with van der Waals surface area (Å²) in [6, 6.07) is 7.82. The zero-order valence-corrected chi connectivity index (χ0v) is 13.5. The number of benzene rings is 1. The molecule has 0 atom stereocenters. The Morgan fingerprint density at radius 1 is 1.12 bits per heavy atom. The molecule has 25 heavy (non-hydrogen) atoms. The van der Waals surface area contributed by atoms with Crippen LogP contribution in [0.3, 0.4) is 0 Å². The van der Waals surface area contributed by atoms with E-state index in [2.05, 4.69) is 4.98 Å². The van der Waals surface area contributed by atoms with Gasteiger partial charge in [-0.25, -0.2) is 0 Å². The van der Waals surface area contributed by atoms with Crippen molar-refractivity contribution in [2.75, 3.05) is 13.2 Å². The number of ether oxygens (including phenoxy) is 2. The highest BCUT2D eigenvalue weighted by Gasteiger charge is 2.28. The van der Waals surface area contributed by atoms with Crippen molar-refractivity contribution in [3.05, 3.63) is 53.9 Å². The van der Waals surface area contributed by atoms with Crippen LogP contribution in [0.1, 0.15) is 22.8 Å². The van der Waals surface area contributed by atoms with Gasteiger partial charge in [-0.1, -0.05) is 0 Å². The molecular formula is C17H17F3N2O3. The van der Waals surface area contributed by atoms with Gasteiger partial charge in [-0.3, -0.25) is 9.78 Å². The van der Waals surface area contributed by atoms with Gasteiger partial charge in [-0.2, -0.15) is 13.2 Å². The zero-order valence-electron chi connectivity index (χ0n) is 13.5. The number of hydrogen-bond acceptors (Lipinski definition) is 4. The molecule has 8 heteroatoms. The van der Waals surface area contributed by atoms with Gasteiger partial charge < -0.3 is 14.8 Å². The van der Waals surface area contributed by atoms with E-state index in [1.165, 1.54) is 18.2 Å². The summed E-state index contributed by atoms with van der Waals surface area (Å²) in [4.78, 5) is 15.7. The van der Waals surface area contributed by atoms with Crippen LogP contribution in [0.2, 0.25) is 0 Å². The minimum atomic E-state index is -4.47.